The van der Waals surface area contributed by atoms with Crippen molar-refractivity contribution in [2.45, 2.75) is 37.8 Å². The topological polar surface area (TPSA) is 49.7 Å². The van der Waals surface area contributed by atoms with Crippen molar-refractivity contribution in [3.63, 3.8) is 0 Å². The fourth-order valence-corrected chi connectivity index (χ4v) is 4.26. The first kappa shape index (κ1) is 12.0. The highest BCUT2D eigenvalue weighted by Crippen LogP contribution is 2.49. The van der Waals surface area contributed by atoms with Crippen LogP contribution in [0.4, 0.5) is 5.69 Å². The van der Waals surface area contributed by atoms with Crippen molar-refractivity contribution in [2.75, 3.05) is 5.12 Å². The lowest BCUT2D eigenvalue weighted by Crippen LogP contribution is -2.57. The van der Waals surface area contributed by atoms with Crippen molar-refractivity contribution in [1.29, 1.82) is 0 Å². The minimum absolute atomic E-state index is 0.216. The van der Waals surface area contributed by atoms with Gasteiger partial charge in [-0.15, -0.1) is 0 Å². The maximum Gasteiger partial charge on any atom is 0.163 e. The van der Waals surface area contributed by atoms with E-state index in [0.29, 0.717) is 5.92 Å². The summed E-state index contributed by atoms with van der Waals surface area (Å²) in [6.45, 7) is 0. The molecule has 5 nitrogen and oxygen atoms in total. The van der Waals surface area contributed by atoms with Gasteiger partial charge in [0.05, 0.1) is 12.0 Å². The summed E-state index contributed by atoms with van der Waals surface area (Å²) >= 11 is 0. The van der Waals surface area contributed by atoms with Gasteiger partial charge in [-0.05, 0) is 62.3 Å². The van der Waals surface area contributed by atoms with Crippen LogP contribution in [0.5, 0.6) is 0 Å². The molecule has 3 aliphatic carbocycles. The Labute approximate surface area is 123 Å². The van der Waals surface area contributed by atoms with Gasteiger partial charge < -0.3 is 4.42 Å². The molecular weight excluding hydrogens is 266 g/mol. The van der Waals surface area contributed by atoms with E-state index in [9.17, 15) is 0 Å². The Balaban J connectivity index is 1.44. The van der Waals surface area contributed by atoms with Crippen molar-refractivity contribution in [3.8, 4) is 0 Å². The largest absolute Gasteiger partial charge is 0.464 e. The highest BCUT2D eigenvalue weighted by atomic mass is 16.7. The SMILES string of the molecule is c1cc2cc(N3NO[C@]4(CC5CCC4CC5)N3)ccc2o1. The van der Waals surface area contributed by atoms with Crippen LogP contribution in [0.2, 0.25) is 0 Å². The molecule has 1 aromatic heterocycles. The molecule has 2 aromatic rings. The van der Waals surface area contributed by atoms with Crippen LogP contribution in [0, 0.1) is 11.8 Å². The van der Waals surface area contributed by atoms with Gasteiger partial charge in [-0.1, -0.05) is 5.59 Å². The van der Waals surface area contributed by atoms with Crippen molar-refractivity contribution in [2.24, 2.45) is 11.8 Å². The number of nitrogens with zero attached hydrogens (tertiary/aromatic N) is 1. The lowest BCUT2D eigenvalue weighted by molar-refractivity contribution is -0.153. The Morgan fingerprint density at radius 1 is 1.14 bits per heavy atom. The standard InChI is InChI=1S/C16H19N3O2/c1-3-13-4-2-11(1)10-16(13)17-19(18-21-16)14-5-6-15-12(9-14)7-8-20-15/h5-9,11,13,17-18H,1-4,10H2/t11?,13?,16-/m0/s1. The number of furan rings is 1. The van der Waals surface area contributed by atoms with E-state index in [1.54, 1.807) is 6.26 Å². The van der Waals surface area contributed by atoms with Gasteiger partial charge in [0.15, 0.2) is 5.72 Å². The quantitative estimate of drug-likeness (QED) is 0.843. The van der Waals surface area contributed by atoms with E-state index in [2.05, 4.69) is 17.1 Å². The van der Waals surface area contributed by atoms with Gasteiger partial charge in [0.2, 0.25) is 0 Å². The highest BCUT2D eigenvalue weighted by molar-refractivity contribution is 5.81. The minimum atomic E-state index is -0.216. The summed E-state index contributed by atoms with van der Waals surface area (Å²) in [7, 11) is 0. The van der Waals surface area contributed by atoms with E-state index >= 15 is 0 Å². The summed E-state index contributed by atoms with van der Waals surface area (Å²) in [5, 5.41) is 3.01. The van der Waals surface area contributed by atoms with E-state index in [0.717, 1.165) is 29.0 Å². The Kier molecular flexibility index (Phi) is 2.42. The average Bonchev–Trinajstić information content (AvgIpc) is 3.15. The second-order valence-electron chi connectivity index (χ2n) is 6.59. The molecule has 4 aliphatic rings. The predicted molar refractivity (Wildman–Crippen MR) is 78.8 cm³/mol. The second kappa shape index (κ2) is 4.22. The smallest absolute Gasteiger partial charge is 0.163 e. The van der Waals surface area contributed by atoms with E-state index in [4.69, 9.17) is 9.25 Å². The van der Waals surface area contributed by atoms with Gasteiger partial charge in [-0.3, -0.25) is 4.84 Å². The Hall–Kier alpha value is -1.56. The molecule has 2 bridgehead atoms. The van der Waals surface area contributed by atoms with Crippen molar-refractivity contribution in [3.05, 3.63) is 30.5 Å². The molecule has 1 saturated heterocycles. The van der Waals surface area contributed by atoms with Gasteiger partial charge in [0.1, 0.15) is 5.58 Å². The lowest BCUT2D eigenvalue weighted by Gasteiger charge is -2.47. The third-order valence-electron chi connectivity index (χ3n) is 5.41. The van der Waals surface area contributed by atoms with Crippen LogP contribution in [-0.4, -0.2) is 5.72 Å². The zero-order valence-electron chi connectivity index (χ0n) is 11.8. The van der Waals surface area contributed by atoms with Crippen molar-refractivity contribution in [1.82, 2.24) is 11.0 Å². The molecule has 1 atom stereocenters. The van der Waals surface area contributed by atoms with Crippen LogP contribution >= 0.6 is 0 Å². The molecule has 0 unspecified atom stereocenters. The van der Waals surface area contributed by atoms with Crippen LogP contribution < -0.4 is 16.1 Å². The number of fused-ring (bicyclic) bond motifs is 3. The van der Waals surface area contributed by atoms with Gasteiger partial charge in [-0.25, -0.2) is 5.12 Å². The van der Waals surface area contributed by atoms with Crippen molar-refractivity contribution >= 4 is 16.7 Å². The molecule has 5 heteroatoms. The summed E-state index contributed by atoms with van der Waals surface area (Å²) < 4.78 is 5.40. The van der Waals surface area contributed by atoms with Crippen molar-refractivity contribution < 1.29 is 9.25 Å². The molecule has 4 fully saturated rings. The number of nitrogens with one attached hydrogen (secondary N) is 2. The van der Waals surface area contributed by atoms with Crippen LogP contribution in [-0.2, 0) is 4.84 Å². The number of anilines is 1. The molecule has 2 N–H and O–H groups in total. The maximum absolute atomic E-state index is 6.02. The third-order valence-corrected chi connectivity index (χ3v) is 5.41. The first-order chi connectivity index (χ1) is 10.3. The monoisotopic (exact) mass is 285 g/mol. The molecule has 0 radical (unpaired) electrons. The van der Waals surface area contributed by atoms with E-state index in [1.807, 2.05) is 23.3 Å². The average molecular weight is 285 g/mol. The number of hydrogen-bond donors (Lipinski definition) is 2. The number of rotatable bonds is 1. The van der Waals surface area contributed by atoms with Gasteiger partial charge in [-0.2, -0.15) is 5.43 Å². The van der Waals surface area contributed by atoms with E-state index < -0.39 is 0 Å². The predicted octanol–water partition coefficient (Wildman–Crippen LogP) is 3.10. The molecule has 1 aliphatic heterocycles. The minimum Gasteiger partial charge on any atom is -0.464 e. The highest BCUT2D eigenvalue weighted by Gasteiger charge is 2.53. The fraction of sp³-hybridized carbons (Fsp3) is 0.500. The number of hydrogen-bond acceptors (Lipinski definition) is 5. The number of benzene rings is 1. The second-order valence-corrected chi connectivity index (χ2v) is 6.59. The molecule has 1 spiro atoms. The van der Waals surface area contributed by atoms with Crippen LogP contribution in [0.1, 0.15) is 32.1 Å². The Bertz CT molecular complexity index is 677. The third kappa shape index (κ3) is 1.75. The lowest BCUT2D eigenvalue weighted by atomic mass is 9.66. The molecule has 2 heterocycles. The maximum atomic E-state index is 6.02. The molecule has 21 heavy (non-hydrogen) atoms. The molecule has 3 saturated carbocycles. The normalized spacial score (nSPS) is 35.1. The summed E-state index contributed by atoms with van der Waals surface area (Å²) in [6, 6.07) is 8.11. The zero-order valence-corrected chi connectivity index (χ0v) is 11.8. The van der Waals surface area contributed by atoms with Gasteiger partial charge in [0, 0.05) is 11.3 Å². The fourth-order valence-electron chi connectivity index (χ4n) is 4.26. The Morgan fingerprint density at radius 2 is 2.05 bits per heavy atom. The molecule has 110 valence electrons. The molecule has 1 aromatic carbocycles. The summed E-state index contributed by atoms with van der Waals surface area (Å²) in [4.78, 5) is 6.02. The summed E-state index contributed by atoms with van der Waals surface area (Å²) in [5.74, 6) is 1.42. The summed E-state index contributed by atoms with van der Waals surface area (Å²) in [5.41, 5.74) is 8.38. The van der Waals surface area contributed by atoms with Crippen LogP contribution in [0.15, 0.2) is 34.9 Å². The van der Waals surface area contributed by atoms with E-state index in [1.165, 1.54) is 25.7 Å². The van der Waals surface area contributed by atoms with Crippen LogP contribution in [0.3, 0.4) is 0 Å². The first-order valence-corrected chi connectivity index (χ1v) is 7.81. The van der Waals surface area contributed by atoms with Gasteiger partial charge >= 0.3 is 0 Å². The Morgan fingerprint density at radius 3 is 2.86 bits per heavy atom. The van der Waals surface area contributed by atoms with Crippen LogP contribution in [0.25, 0.3) is 11.0 Å². The zero-order chi connectivity index (χ0) is 13.9. The summed E-state index contributed by atoms with van der Waals surface area (Å²) in [6.07, 6.45) is 8.09. The first-order valence-electron chi connectivity index (χ1n) is 7.81. The van der Waals surface area contributed by atoms with Gasteiger partial charge in [0.25, 0.3) is 0 Å². The molecular formula is C16H19N3O2. The van der Waals surface area contributed by atoms with E-state index in [-0.39, 0.29) is 5.72 Å². The molecule has 6 rings (SSSR count). The number of hydrazine groups is 2. The molecule has 0 amide bonds.